The van der Waals surface area contributed by atoms with Gasteiger partial charge in [0.25, 0.3) is 0 Å². The molecule has 0 radical (unpaired) electrons. The maximum atomic E-state index is 12.6. The van der Waals surface area contributed by atoms with Crippen molar-refractivity contribution in [2.45, 2.75) is 20.0 Å². The summed E-state index contributed by atoms with van der Waals surface area (Å²) in [6, 6.07) is 5.52. The molecule has 0 amide bonds. The molecular weight excluding hydrogens is 407 g/mol. The van der Waals surface area contributed by atoms with Gasteiger partial charge in [-0.3, -0.25) is 9.88 Å². The number of nitrogens with zero attached hydrogens (tertiary/aromatic N) is 4. The van der Waals surface area contributed by atoms with Crippen LogP contribution in [0.4, 0.5) is 24.7 Å². The van der Waals surface area contributed by atoms with E-state index in [2.05, 4.69) is 15.3 Å². The Balaban J connectivity index is 1.72. The summed E-state index contributed by atoms with van der Waals surface area (Å²) in [5, 5.41) is 3.06. The fourth-order valence-electron chi connectivity index (χ4n) is 3.43. The number of nitrogens with two attached hydrogens (primary N) is 2. The number of hydrogen-bond donors (Lipinski definition) is 3. The van der Waals surface area contributed by atoms with Gasteiger partial charge in [-0.05, 0) is 42.0 Å². The number of nitrogens with one attached hydrogen (secondary N) is 1. The zero-order valence-electron chi connectivity index (χ0n) is 17.7. The minimum atomic E-state index is -4.17. The first-order chi connectivity index (χ1) is 14.6. The van der Waals surface area contributed by atoms with Crippen LogP contribution >= 0.6 is 0 Å². The van der Waals surface area contributed by atoms with E-state index in [1.807, 2.05) is 30.9 Å². The quantitative estimate of drug-likeness (QED) is 0.600. The number of halogens is 3. The van der Waals surface area contributed by atoms with Crippen molar-refractivity contribution in [2.24, 2.45) is 17.4 Å². The number of anilines is 2. The average Bonchev–Trinajstić information content (AvgIpc) is 2.70. The Hall–Kier alpha value is -3.01. The van der Waals surface area contributed by atoms with Gasteiger partial charge in [0.1, 0.15) is 11.6 Å². The van der Waals surface area contributed by atoms with Gasteiger partial charge < -0.3 is 21.7 Å². The highest BCUT2D eigenvalue weighted by Crippen LogP contribution is 2.23. The maximum absolute atomic E-state index is 12.6. The number of fused-ring (bicyclic) bond motifs is 1. The predicted octanol–water partition coefficient (Wildman–Crippen LogP) is 3.02. The number of allylic oxidation sites excluding steroid dienone is 2. The van der Waals surface area contributed by atoms with Crippen LogP contribution in [0.25, 0.3) is 11.0 Å². The fourth-order valence-corrected chi connectivity index (χ4v) is 3.43. The molecule has 0 saturated carbocycles. The highest BCUT2D eigenvalue weighted by molar-refractivity contribution is 5.79. The van der Waals surface area contributed by atoms with Crippen LogP contribution < -0.4 is 21.7 Å². The summed E-state index contributed by atoms with van der Waals surface area (Å²) in [5.41, 5.74) is 14.8. The molecular formula is C21H28F3N7. The van der Waals surface area contributed by atoms with Gasteiger partial charge in [-0.1, -0.05) is 13.8 Å². The van der Waals surface area contributed by atoms with E-state index in [1.165, 1.54) is 11.1 Å². The van der Waals surface area contributed by atoms with Gasteiger partial charge in [-0.15, -0.1) is 0 Å². The Morgan fingerprint density at radius 1 is 1.19 bits per heavy atom. The highest BCUT2D eigenvalue weighted by atomic mass is 19.4. The lowest BCUT2D eigenvalue weighted by atomic mass is 10.0. The Labute approximate surface area is 179 Å². The molecule has 1 fully saturated rings. The van der Waals surface area contributed by atoms with Crippen molar-refractivity contribution in [3.63, 3.8) is 0 Å². The average molecular weight is 435 g/mol. The molecule has 10 heteroatoms. The minimum absolute atomic E-state index is 0.235. The number of piperazine rings is 1. The van der Waals surface area contributed by atoms with Crippen molar-refractivity contribution in [3.8, 4) is 0 Å². The third-order valence-corrected chi connectivity index (χ3v) is 5.12. The largest absolute Gasteiger partial charge is 0.404 e. The Morgan fingerprint density at radius 2 is 1.90 bits per heavy atom. The molecule has 31 heavy (non-hydrogen) atoms. The summed E-state index contributed by atoms with van der Waals surface area (Å²) >= 11 is 0. The molecule has 7 nitrogen and oxygen atoms in total. The van der Waals surface area contributed by atoms with Gasteiger partial charge in [0.15, 0.2) is 0 Å². The molecule has 2 aromatic rings. The molecule has 0 bridgehead atoms. The van der Waals surface area contributed by atoms with Crippen LogP contribution in [-0.4, -0.2) is 53.8 Å². The second-order valence-corrected chi connectivity index (χ2v) is 7.85. The van der Waals surface area contributed by atoms with E-state index < -0.39 is 12.7 Å². The molecule has 1 aliphatic heterocycles. The number of hydrogen-bond acceptors (Lipinski definition) is 7. The normalized spacial score (nSPS) is 16.9. The molecule has 3 heterocycles. The van der Waals surface area contributed by atoms with Gasteiger partial charge in [-0.25, -0.2) is 4.98 Å². The first-order valence-corrected chi connectivity index (χ1v) is 10.1. The summed E-state index contributed by atoms with van der Waals surface area (Å²) in [7, 11) is 0. The fraction of sp³-hybridized carbons (Fsp3) is 0.429. The SMILES string of the molecule is CC(C)C(=C/N)/C=C(\N)Nc1ccc2ncc(N3CCN(CC(F)(F)F)CC3)cc2n1. The number of alkyl halides is 3. The van der Waals surface area contributed by atoms with Crippen molar-refractivity contribution >= 4 is 22.5 Å². The zero-order valence-corrected chi connectivity index (χ0v) is 17.7. The molecule has 0 spiro atoms. The summed E-state index contributed by atoms with van der Waals surface area (Å²) in [5.74, 6) is 1.22. The lowest BCUT2D eigenvalue weighted by molar-refractivity contribution is -0.146. The molecule has 5 N–H and O–H groups in total. The van der Waals surface area contributed by atoms with Crippen LogP contribution in [0.1, 0.15) is 13.8 Å². The van der Waals surface area contributed by atoms with Crippen LogP contribution in [0.5, 0.6) is 0 Å². The van der Waals surface area contributed by atoms with E-state index in [-0.39, 0.29) is 5.92 Å². The van der Waals surface area contributed by atoms with Crippen LogP contribution in [-0.2, 0) is 0 Å². The van der Waals surface area contributed by atoms with E-state index >= 15 is 0 Å². The molecule has 0 aromatic carbocycles. The van der Waals surface area contributed by atoms with E-state index in [0.717, 1.165) is 16.8 Å². The van der Waals surface area contributed by atoms with Crippen molar-refractivity contribution in [3.05, 3.63) is 48.1 Å². The van der Waals surface area contributed by atoms with Gasteiger partial charge in [0.05, 0.1) is 29.5 Å². The lowest BCUT2D eigenvalue weighted by Gasteiger charge is -2.36. The van der Waals surface area contributed by atoms with Gasteiger partial charge >= 0.3 is 6.18 Å². The van der Waals surface area contributed by atoms with Crippen LogP contribution in [0.15, 0.2) is 48.1 Å². The first-order valence-electron chi connectivity index (χ1n) is 10.1. The van der Waals surface area contributed by atoms with Gasteiger partial charge in [0, 0.05) is 26.2 Å². The predicted molar refractivity (Wildman–Crippen MR) is 117 cm³/mol. The molecule has 0 unspecified atom stereocenters. The van der Waals surface area contributed by atoms with E-state index in [9.17, 15) is 13.2 Å². The molecule has 2 aromatic heterocycles. The highest BCUT2D eigenvalue weighted by Gasteiger charge is 2.32. The monoisotopic (exact) mass is 435 g/mol. The van der Waals surface area contributed by atoms with E-state index in [0.29, 0.717) is 43.3 Å². The zero-order chi connectivity index (χ0) is 22.6. The molecule has 168 valence electrons. The van der Waals surface area contributed by atoms with Gasteiger partial charge in [0.2, 0.25) is 0 Å². The molecule has 0 atom stereocenters. The number of pyridine rings is 2. The molecule has 3 rings (SSSR count). The van der Waals surface area contributed by atoms with Crippen molar-refractivity contribution in [1.29, 1.82) is 0 Å². The Kier molecular flexibility index (Phi) is 6.89. The molecule has 1 aliphatic rings. The molecule has 1 saturated heterocycles. The van der Waals surface area contributed by atoms with Crippen molar-refractivity contribution in [1.82, 2.24) is 14.9 Å². The second kappa shape index (κ2) is 9.42. The first kappa shape index (κ1) is 22.7. The summed E-state index contributed by atoms with van der Waals surface area (Å²) in [4.78, 5) is 12.5. The summed E-state index contributed by atoms with van der Waals surface area (Å²) in [6.07, 6.45) is 0.848. The van der Waals surface area contributed by atoms with Crippen molar-refractivity contribution in [2.75, 3.05) is 42.9 Å². The maximum Gasteiger partial charge on any atom is 0.401 e. The van der Waals surface area contributed by atoms with Crippen LogP contribution in [0, 0.1) is 5.92 Å². The summed E-state index contributed by atoms with van der Waals surface area (Å²) < 4.78 is 37.8. The van der Waals surface area contributed by atoms with Gasteiger partial charge in [-0.2, -0.15) is 13.2 Å². The Morgan fingerprint density at radius 3 is 2.52 bits per heavy atom. The minimum Gasteiger partial charge on any atom is -0.404 e. The number of aromatic nitrogens is 2. The second-order valence-electron chi connectivity index (χ2n) is 7.85. The Bertz CT molecular complexity index is 961. The third kappa shape index (κ3) is 6.24. The van der Waals surface area contributed by atoms with Crippen LogP contribution in [0.3, 0.4) is 0 Å². The standard InChI is InChI=1S/C21H28F3N7/c1-14(2)15(11-25)9-19(26)29-20-4-3-17-18(28-20)10-16(12-27-17)31-7-5-30(6-8-31)13-21(22,23)24/h3-4,9-12,14H,5-8,13,25-26H2,1-2H3,(H,28,29)/b15-11+,19-9+. The van der Waals surface area contributed by atoms with E-state index in [4.69, 9.17) is 11.5 Å². The number of rotatable bonds is 6. The molecule has 0 aliphatic carbocycles. The van der Waals surface area contributed by atoms with Crippen LogP contribution in [0.2, 0.25) is 0 Å². The van der Waals surface area contributed by atoms with Crippen molar-refractivity contribution < 1.29 is 13.2 Å². The lowest BCUT2D eigenvalue weighted by Crippen LogP contribution is -2.49. The summed E-state index contributed by atoms with van der Waals surface area (Å²) in [6.45, 7) is 4.86. The topological polar surface area (TPSA) is 96.3 Å². The van der Waals surface area contributed by atoms with E-state index in [1.54, 1.807) is 18.3 Å². The third-order valence-electron chi connectivity index (χ3n) is 5.12. The smallest absolute Gasteiger partial charge is 0.401 e.